The van der Waals surface area contributed by atoms with Gasteiger partial charge in [-0.25, -0.2) is 0 Å². The van der Waals surface area contributed by atoms with Crippen molar-refractivity contribution in [3.63, 3.8) is 0 Å². The smallest absolute Gasteiger partial charge is 0.124 e. The first-order valence-corrected chi connectivity index (χ1v) is 11.1. The molecule has 0 bridgehead atoms. The van der Waals surface area contributed by atoms with Crippen molar-refractivity contribution < 1.29 is 10.2 Å². The molecular formula is C24H37N5O2. The normalized spacial score (nSPS) is 16.6. The van der Waals surface area contributed by atoms with Gasteiger partial charge in [-0.05, 0) is 25.0 Å². The third-order valence-corrected chi connectivity index (χ3v) is 6.35. The van der Waals surface area contributed by atoms with Crippen LogP contribution in [-0.2, 0) is 26.2 Å². The standard InChI is InChI=1S/C24H37N5O2/c1-17-3-5-19(13-25)23(30)21(17)15-28-9-7-27-8-10-29(12-11-28)16-22-18(2)4-6-20(14-26)24(22)31/h3-6,27,30-31H,7-16,25-26H2,1-2H3. The summed E-state index contributed by atoms with van der Waals surface area (Å²) in [4.78, 5) is 4.74. The lowest BCUT2D eigenvalue weighted by atomic mass is 10.0. The molecule has 0 amide bonds. The maximum atomic E-state index is 10.7. The summed E-state index contributed by atoms with van der Waals surface area (Å²) in [7, 11) is 0. The number of phenols is 2. The maximum absolute atomic E-state index is 10.7. The van der Waals surface area contributed by atoms with Gasteiger partial charge in [0.1, 0.15) is 11.5 Å². The Morgan fingerprint density at radius 2 is 1.16 bits per heavy atom. The average Bonchev–Trinajstić information content (AvgIpc) is 2.86. The quantitative estimate of drug-likeness (QED) is 0.475. The summed E-state index contributed by atoms with van der Waals surface area (Å²) >= 11 is 0. The Morgan fingerprint density at radius 1 is 0.742 bits per heavy atom. The van der Waals surface area contributed by atoms with Crippen LogP contribution in [0.5, 0.6) is 11.5 Å². The molecule has 7 heteroatoms. The van der Waals surface area contributed by atoms with E-state index in [4.69, 9.17) is 11.5 Å². The molecule has 0 atom stereocenters. The van der Waals surface area contributed by atoms with Crippen molar-refractivity contribution in [2.45, 2.75) is 40.0 Å². The zero-order valence-electron chi connectivity index (χ0n) is 18.8. The highest BCUT2D eigenvalue weighted by atomic mass is 16.3. The maximum Gasteiger partial charge on any atom is 0.124 e. The Kier molecular flexibility index (Phi) is 8.28. The minimum Gasteiger partial charge on any atom is -0.507 e. The number of nitrogens with zero attached hydrogens (tertiary/aromatic N) is 2. The van der Waals surface area contributed by atoms with Crippen LogP contribution in [-0.4, -0.2) is 59.3 Å². The second kappa shape index (κ2) is 10.9. The molecule has 0 aromatic heterocycles. The number of aryl methyl sites for hydroxylation is 2. The number of aromatic hydroxyl groups is 2. The predicted molar refractivity (Wildman–Crippen MR) is 125 cm³/mol. The summed E-state index contributed by atoms with van der Waals surface area (Å²) in [5, 5.41) is 24.9. The molecule has 1 heterocycles. The summed E-state index contributed by atoms with van der Waals surface area (Å²) in [6.45, 7) is 11.5. The van der Waals surface area contributed by atoms with Gasteiger partial charge in [-0.2, -0.15) is 0 Å². The summed E-state index contributed by atoms with van der Waals surface area (Å²) in [5.74, 6) is 0.651. The fraction of sp³-hybridized carbons (Fsp3) is 0.500. The van der Waals surface area contributed by atoms with Crippen LogP contribution >= 0.6 is 0 Å². The van der Waals surface area contributed by atoms with Crippen molar-refractivity contribution in [2.75, 3.05) is 39.3 Å². The molecule has 1 aliphatic rings. The second-order valence-corrected chi connectivity index (χ2v) is 8.45. The molecule has 1 fully saturated rings. The zero-order valence-corrected chi connectivity index (χ0v) is 18.8. The number of phenolic OH excluding ortho intramolecular Hbond substituents is 2. The number of benzene rings is 2. The SMILES string of the molecule is Cc1ccc(CN)c(O)c1CN1CCNCCN(Cc2c(C)ccc(CN)c2O)CC1. The van der Waals surface area contributed by atoms with Crippen molar-refractivity contribution >= 4 is 0 Å². The first kappa shape index (κ1) is 23.5. The predicted octanol–water partition coefficient (Wildman–Crippen LogP) is 1.54. The Bertz CT molecular complexity index is 815. The Balaban J connectivity index is 1.74. The lowest BCUT2D eigenvalue weighted by Gasteiger charge is -2.27. The molecule has 31 heavy (non-hydrogen) atoms. The molecule has 1 saturated heterocycles. The fourth-order valence-electron chi connectivity index (χ4n) is 4.17. The molecule has 2 aromatic rings. The molecule has 0 saturated carbocycles. The van der Waals surface area contributed by atoms with Gasteiger partial charge >= 0.3 is 0 Å². The molecule has 0 radical (unpaired) electrons. The van der Waals surface area contributed by atoms with Gasteiger partial charge in [-0.3, -0.25) is 9.80 Å². The van der Waals surface area contributed by atoms with Crippen molar-refractivity contribution in [1.82, 2.24) is 15.1 Å². The molecular weight excluding hydrogens is 390 g/mol. The molecule has 0 aliphatic carbocycles. The molecule has 0 unspecified atom stereocenters. The summed E-state index contributed by atoms with van der Waals surface area (Å²) in [6.07, 6.45) is 0. The van der Waals surface area contributed by atoms with Crippen LogP contribution < -0.4 is 16.8 Å². The van der Waals surface area contributed by atoms with Gasteiger partial charge in [0.05, 0.1) is 0 Å². The lowest BCUT2D eigenvalue weighted by molar-refractivity contribution is 0.206. The van der Waals surface area contributed by atoms with E-state index < -0.39 is 0 Å². The van der Waals surface area contributed by atoms with E-state index in [1.54, 1.807) is 0 Å². The number of rotatable bonds is 6. The molecule has 3 rings (SSSR count). The van der Waals surface area contributed by atoms with Gasteiger partial charge in [0, 0.05) is 87.7 Å². The van der Waals surface area contributed by atoms with E-state index in [0.717, 1.165) is 72.6 Å². The van der Waals surface area contributed by atoms with E-state index >= 15 is 0 Å². The summed E-state index contributed by atoms with van der Waals surface area (Å²) in [5.41, 5.74) is 17.2. The van der Waals surface area contributed by atoms with Crippen molar-refractivity contribution in [3.05, 3.63) is 57.6 Å². The van der Waals surface area contributed by atoms with Crippen molar-refractivity contribution in [2.24, 2.45) is 11.5 Å². The first-order chi connectivity index (χ1) is 14.9. The van der Waals surface area contributed by atoms with E-state index in [0.29, 0.717) is 37.7 Å². The van der Waals surface area contributed by atoms with Crippen LogP contribution in [0.4, 0.5) is 0 Å². The number of nitrogens with one attached hydrogen (secondary N) is 1. The van der Waals surface area contributed by atoms with Crippen LogP contribution in [0.25, 0.3) is 0 Å². The minimum atomic E-state index is 0.325. The average molecular weight is 428 g/mol. The molecule has 7 nitrogen and oxygen atoms in total. The van der Waals surface area contributed by atoms with E-state index in [9.17, 15) is 10.2 Å². The molecule has 7 N–H and O–H groups in total. The number of nitrogens with two attached hydrogens (primary N) is 2. The van der Waals surface area contributed by atoms with Crippen LogP contribution in [0.2, 0.25) is 0 Å². The van der Waals surface area contributed by atoms with E-state index in [1.807, 2.05) is 38.1 Å². The van der Waals surface area contributed by atoms with E-state index in [-0.39, 0.29) is 0 Å². The largest absolute Gasteiger partial charge is 0.507 e. The van der Waals surface area contributed by atoms with Gasteiger partial charge in [0.2, 0.25) is 0 Å². The van der Waals surface area contributed by atoms with Gasteiger partial charge < -0.3 is 27.0 Å². The third-order valence-electron chi connectivity index (χ3n) is 6.35. The monoisotopic (exact) mass is 427 g/mol. The molecule has 0 spiro atoms. The van der Waals surface area contributed by atoms with Gasteiger partial charge in [-0.15, -0.1) is 0 Å². The summed E-state index contributed by atoms with van der Waals surface area (Å²) < 4.78 is 0. The minimum absolute atomic E-state index is 0.325. The van der Waals surface area contributed by atoms with Crippen LogP contribution in [0.1, 0.15) is 33.4 Å². The topological polar surface area (TPSA) is 111 Å². The Morgan fingerprint density at radius 3 is 1.55 bits per heavy atom. The van der Waals surface area contributed by atoms with Crippen LogP contribution in [0.3, 0.4) is 0 Å². The van der Waals surface area contributed by atoms with Crippen LogP contribution in [0, 0.1) is 13.8 Å². The van der Waals surface area contributed by atoms with E-state index in [1.165, 1.54) is 0 Å². The highest BCUT2D eigenvalue weighted by Crippen LogP contribution is 2.28. The molecule has 2 aromatic carbocycles. The third kappa shape index (κ3) is 5.75. The first-order valence-electron chi connectivity index (χ1n) is 11.1. The van der Waals surface area contributed by atoms with Crippen molar-refractivity contribution in [1.29, 1.82) is 0 Å². The summed E-state index contributed by atoms with van der Waals surface area (Å²) in [6, 6.07) is 7.88. The highest BCUT2D eigenvalue weighted by molar-refractivity contribution is 5.46. The van der Waals surface area contributed by atoms with Gasteiger partial charge in [-0.1, -0.05) is 24.3 Å². The molecule has 170 valence electrons. The second-order valence-electron chi connectivity index (χ2n) is 8.45. The van der Waals surface area contributed by atoms with E-state index in [2.05, 4.69) is 15.1 Å². The highest BCUT2D eigenvalue weighted by Gasteiger charge is 2.18. The lowest BCUT2D eigenvalue weighted by Crippen LogP contribution is -2.35. The van der Waals surface area contributed by atoms with Crippen LogP contribution in [0.15, 0.2) is 24.3 Å². The molecule has 1 aliphatic heterocycles. The number of hydrogen-bond acceptors (Lipinski definition) is 7. The van der Waals surface area contributed by atoms with Crippen molar-refractivity contribution in [3.8, 4) is 11.5 Å². The zero-order chi connectivity index (χ0) is 22.4. The Labute approximate surface area is 185 Å². The Hall–Kier alpha value is -2.16. The van der Waals surface area contributed by atoms with Gasteiger partial charge in [0.25, 0.3) is 0 Å². The fourth-order valence-corrected chi connectivity index (χ4v) is 4.17. The van der Waals surface area contributed by atoms with Gasteiger partial charge in [0.15, 0.2) is 0 Å². The number of hydrogen-bond donors (Lipinski definition) is 5.